The van der Waals surface area contributed by atoms with Gasteiger partial charge in [0.05, 0.1) is 6.42 Å². The number of esters is 1. The maximum Gasteiger partial charge on any atom is 0.307 e. The first kappa shape index (κ1) is 16.5. The summed E-state index contributed by atoms with van der Waals surface area (Å²) in [5.41, 5.74) is 0. The van der Waals surface area contributed by atoms with E-state index < -0.39 is 0 Å². The van der Waals surface area contributed by atoms with Crippen molar-refractivity contribution in [2.45, 2.75) is 58.3 Å². The van der Waals surface area contributed by atoms with E-state index in [0.29, 0.717) is 18.9 Å². The van der Waals surface area contributed by atoms with Crippen molar-refractivity contribution in [1.29, 1.82) is 0 Å². The number of unbranched alkanes of at least 4 members (excludes halogenated alkanes) is 6. The number of ether oxygens (including phenoxy) is 1. The second kappa shape index (κ2) is 13.6. The van der Waals surface area contributed by atoms with Crippen molar-refractivity contribution in [3.05, 3.63) is 12.2 Å². The van der Waals surface area contributed by atoms with E-state index in [9.17, 15) is 4.79 Å². The molecule has 0 aromatic carbocycles. The first-order chi connectivity index (χ1) is 8.31. The van der Waals surface area contributed by atoms with Crippen LogP contribution in [0.4, 0.5) is 0 Å². The number of hydrogen-bond donors (Lipinski definition) is 0. The third-order valence-electron chi connectivity index (χ3n) is 2.53. The molecule has 0 bridgehead atoms. The van der Waals surface area contributed by atoms with E-state index in [1.807, 2.05) is 6.08 Å². The van der Waals surface area contributed by atoms with E-state index in [1.54, 1.807) is 0 Å². The molecule has 100 valence electrons. The summed E-state index contributed by atoms with van der Waals surface area (Å²) in [6, 6.07) is 0. The number of hydrogen-bond acceptors (Lipinski definition) is 2. The summed E-state index contributed by atoms with van der Waals surface area (Å²) in [6.45, 7) is 2.61. The second-order valence-electron chi connectivity index (χ2n) is 4.15. The van der Waals surface area contributed by atoms with Gasteiger partial charge >= 0.3 is 5.97 Å². The fourth-order valence-electron chi connectivity index (χ4n) is 1.52. The molecule has 0 aliphatic heterocycles. The van der Waals surface area contributed by atoms with Gasteiger partial charge in [0, 0.05) is 5.88 Å². The van der Waals surface area contributed by atoms with Crippen LogP contribution in [0, 0.1) is 0 Å². The van der Waals surface area contributed by atoms with Crippen LogP contribution in [0.1, 0.15) is 58.3 Å². The molecule has 0 saturated carbocycles. The predicted octanol–water partition coefficient (Wildman–Crippen LogP) is 4.47. The van der Waals surface area contributed by atoms with Gasteiger partial charge in [0.15, 0.2) is 0 Å². The van der Waals surface area contributed by atoms with Gasteiger partial charge in [-0.15, -0.1) is 11.6 Å². The summed E-state index contributed by atoms with van der Waals surface area (Å²) in [6.07, 6.45) is 13.3. The predicted molar refractivity (Wildman–Crippen MR) is 73.4 cm³/mol. The van der Waals surface area contributed by atoms with Crippen LogP contribution < -0.4 is 0 Å². The molecule has 0 saturated heterocycles. The molecule has 0 radical (unpaired) electrons. The first-order valence-corrected chi connectivity index (χ1v) is 7.21. The largest absolute Gasteiger partial charge is 0.461 e. The molecular formula is C14H25ClO2. The fourth-order valence-corrected chi connectivity index (χ4v) is 1.67. The summed E-state index contributed by atoms with van der Waals surface area (Å²) in [5.74, 6) is 0.115. The topological polar surface area (TPSA) is 26.3 Å². The number of rotatable bonds is 11. The minimum absolute atomic E-state index is 0.218. The zero-order chi connectivity index (χ0) is 12.8. The van der Waals surface area contributed by atoms with Gasteiger partial charge in [0.2, 0.25) is 0 Å². The lowest BCUT2D eigenvalue weighted by Crippen LogP contribution is -2.04. The number of allylic oxidation sites excluding steroid dienone is 1. The Kier molecular flexibility index (Phi) is 13.2. The SMILES string of the molecule is CCCCCCCC/C=C/COC(=O)CCCl. The van der Waals surface area contributed by atoms with E-state index in [-0.39, 0.29) is 5.97 Å². The van der Waals surface area contributed by atoms with E-state index >= 15 is 0 Å². The summed E-state index contributed by atoms with van der Waals surface area (Å²) in [7, 11) is 0. The van der Waals surface area contributed by atoms with Crippen molar-refractivity contribution in [1.82, 2.24) is 0 Å². The molecule has 0 rings (SSSR count). The lowest BCUT2D eigenvalue weighted by atomic mass is 10.1. The zero-order valence-corrected chi connectivity index (χ0v) is 11.7. The summed E-state index contributed by atoms with van der Waals surface area (Å²) < 4.78 is 4.93. The fraction of sp³-hybridized carbons (Fsp3) is 0.786. The Labute approximate surface area is 110 Å². The van der Waals surface area contributed by atoms with E-state index in [0.717, 1.165) is 6.42 Å². The number of halogens is 1. The molecule has 0 spiro atoms. The van der Waals surface area contributed by atoms with Crippen molar-refractivity contribution >= 4 is 17.6 Å². The lowest BCUT2D eigenvalue weighted by molar-refractivity contribution is -0.141. The molecule has 0 unspecified atom stereocenters. The Morgan fingerprint density at radius 2 is 1.82 bits per heavy atom. The molecule has 0 aliphatic rings. The maximum absolute atomic E-state index is 10.9. The Morgan fingerprint density at radius 3 is 2.53 bits per heavy atom. The Bertz CT molecular complexity index is 202. The van der Waals surface area contributed by atoms with Crippen LogP contribution in [0.15, 0.2) is 12.2 Å². The average molecular weight is 261 g/mol. The van der Waals surface area contributed by atoms with Crippen molar-refractivity contribution in [2.75, 3.05) is 12.5 Å². The third kappa shape index (κ3) is 13.4. The monoisotopic (exact) mass is 260 g/mol. The van der Waals surface area contributed by atoms with Gasteiger partial charge in [-0.25, -0.2) is 0 Å². The molecule has 0 amide bonds. The summed E-state index contributed by atoms with van der Waals surface area (Å²) >= 11 is 5.41. The van der Waals surface area contributed by atoms with Crippen LogP contribution in [0.2, 0.25) is 0 Å². The highest BCUT2D eigenvalue weighted by molar-refractivity contribution is 6.18. The minimum Gasteiger partial charge on any atom is -0.461 e. The number of alkyl halides is 1. The van der Waals surface area contributed by atoms with Gasteiger partial charge in [-0.1, -0.05) is 51.2 Å². The minimum atomic E-state index is -0.218. The molecule has 17 heavy (non-hydrogen) atoms. The van der Waals surface area contributed by atoms with Crippen molar-refractivity contribution in [3.63, 3.8) is 0 Å². The number of carbonyl (C=O) groups excluding carboxylic acids is 1. The van der Waals surface area contributed by atoms with Crippen LogP contribution in [0.3, 0.4) is 0 Å². The van der Waals surface area contributed by atoms with Gasteiger partial charge in [-0.3, -0.25) is 4.79 Å². The smallest absolute Gasteiger partial charge is 0.307 e. The number of carbonyl (C=O) groups is 1. The molecule has 0 heterocycles. The lowest BCUT2D eigenvalue weighted by Gasteiger charge is -1.99. The Hall–Kier alpha value is -0.500. The quantitative estimate of drug-likeness (QED) is 0.237. The van der Waals surface area contributed by atoms with Crippen LogP contribution in [-0.4, -0.2) is 18.5 Å². The molecular weight excluding hydrogens is 236 g/mol. The van der Waals surface area contributed by atoms with Gasteiger partial charge in [0.1, 0.15) is 6.61 Å². The molecule has 0 fully saturated rings. The highest BCUT2D eigenvalue weighted by atomic mass is 35.5. The molecule has 0 aliphatic carbocycles. The second-order valence-corrected chi connectivity index (χ2v) is 4.53. The summed E-state index contributed by atoms with van der Waals surface area (Å²) in [4.78, 5) is 10.9. The Morgan fingerprint density at radius 1 is 1.12 bits per heavy atom. The summed E-state index contributed by atoms with van der Waals surface area (Å²) in [5, 5.41) is 0. The van der Waals surface area contributed by atoms with Gasteiger partial charge in [-0.2, -0.15) is 0 Å². The van der Waals surface area contributed by atoms with Gasteiger partial charge in [0.25, 0.3) is 0 Å². The molecule has 3 heteroatoms. The Balaban J connectivity index is 3.17. The van der Waals surface area contributed by atoms with Crippen molar-refractivity contribution < 1.29 is 9.53 Å². The average Bonchev–Trinajstić information content (AvgIpc) is 2.32. The van der Waals surface area contributed by atoms with Crippen LogP contribution >= 0.6 is 11.6 Å². The van der Waals surface area contributed by atoms with Crippen molar-refractivity contribution in [3.8, 4) is 0 Å². The molecule has 0 N–H and O–H groups in total. The normalized spacial score (nSPS) is 10.9. The van der Waals surface area contributed by atoms with E-state index in [2.05, 4.69) is 13.0 Å². The molecule has 0 aromatic heterocycles. The zero-order valence-electron chi connectivity index (χ0n) is 10.9. The molecule has 0 atom stereocenters. The van der Waals surface area contributed by atoms with E-state index in [4.69, 9.17) is 16.3 Å². The van der Waals surface area contributed by atoms with Crippen LogP contribution in [0.25, 0.3) is 0 Å². The molecule has 0 aromatic rings. The van der Waals surface area contributed by atoms with E-state index in [1.165, 1.54) is 38.5 Å². The highest BCUT2D eigenvalue weighted by Gasteiger charge is 1.97. The van der Waals surface area contributed by atoms with Crippen LogP contribution in [0.5, 0.6) is 0 Å². The van der Waals surface area contributed by atoms with Gasteiger partial charge in [-0.05, 0) is 12.8 Å². The first-order valence-electron chi connectivity index (χ1n) is 6.67. The standard InChI is InChI=1S/C14H25ClO2/c1-2-3-4-5-6-7-8-9-10-13-17-14(16)11-12-15/h9-10H,2-8,11-13H2,1H3/b10-9+. The van der Waals surface area contributed by atoms with Crippen LogP contribution in [-0.2, 0) is 9.53 Å². The third-order valence-corrected chi connectivity index (χ3v) is 2.72. The van der Waals surface area contributed by atoms with Gasteiger partial charge < -0.3 is 4.74 Å². The van der Waals surface area contributed by atoms with Crippen molar-refractivity contribution in [2.24, 2.45) is 0 Å². The highest BCUT2D eigenvalue weighted by Crippen LogP contribution is 2.07. The molecule has 2 nitrogen and oxygen atoms in total. The maximum atomic E-state index is 10.9.